The van der Waals surface area contributed by atoms with E-state index in [-0.39, 0.29) is 31.1 Å². The van der Waals surface area contributed by atoms with Gasteiger partial charge in [-0.25, -0.2) is 14.3 Å². The minimum absolute atomic E-state index is 0.0364. The number of carbonyl (C=O) groups excluding carboxylic acids is 3. The van der Waals surface area contributed by atoms with Gasteiger partial charge in [-0.3, -0.25) is 25.0 Å². The molecule has 3 aromatic rings. The molecule has 1 N–H and O–H groups in total. The van der Waals surface area contributed by atoms with Crippen LogP contribution >= 0.6 is 0 Å². The number of aromatic nitrogens is 2. The van der Waals surface area contributed by atoms with E-state index in [0.29, 0.717) is 0 Å². The average Bonchev–Trinajstić information content (AvgIpc) is 3.54. The molecular weight excluding hydrogens is 462 g/mol. The number of nitrogens with zero attached hydrogens (tertiary/aromatic N) is 4. The summed E-state index contributed by atoms with van der Waals surface area (Å²) >= 11 is 0. The first-order valence-electron chi connectivity index (χ1n) is 9.41. The van der Waals surface area contributed by atoms with Crippen LogP contribution in [0.15, 0.2) is 39.3 Å². The SMILES string of the molecule is CCOC(=O)c1cnn(CCOC(=O)c2ccc([N+](=O)[O-])o2)c1NC(=O)c1ccc([N+](=O)[O-])o1. The molecular formula is C18H15N5O11. The second-order valence-electron chi connectivity index (χ2n) is 6.23. The third-order valence-electron chi connectivity index (χ3n) is 4.07. The second-order valence-corrected chi connectivity index (χ2v) is 6.23. The number of anilines is 1. The number of hydrogen-bond acceptors (Lipinski definition) is 12. The van der Waals surface area contributed by atoms with Crippen LogP contribution in [0.1, 0.15) is 38.4 Å². The summed E-state index contributed by atoms with van der Waals surface area (Å²) in [5.41, 5.74) is -0.135. The van der Waals surface area contributed by atoms with Gasteiger partial charge < -0.3 is 23.6 Å². The highest BCUT2D eigenvalue weighted by molar-refractivity contribution is 6.06. The molecule has 3 aromatic heterocycles. The van der Waals surface area contributed by atoms with Gasteiger partial charge in [0.05, 0.1) is 31.5 Å². The zero-order chi connectivity index (χ0) is 24.8. The fraction of sp³-hybridized carbons (Fsp3) is 0.222. The van der Waals surface area contributed by atoms with Crippen LogP contribution in [0.25, 0.3) is 0 Å². The van der Waals surface area contributed by atoms with E-state index in [4.69, 9.17) is 18.3 Å². The van der Waals surface area contributed by atoms with E-state index in [2.05, 4.69) is 10.4 Å². The van der Waals surface area contributed by atoms with Crippen molar-refractivity contribution in [3.8, 4) is 0 Å². The molecule has 0 fully saturated rings. The van der Waals surface area contributed by atoms with Gasteiger partial charge in [-0.15, -0.1) is 0 Å². The molecule has 34 heavy (non-hydrogen) atoms. The average molecular weight is 477 g/mol. The number of amides is 1. The maximum atomic E-state index is 12.5. The lowest BCUT2D eigenvalue weighted by molar-refractivity contribution is -0.402. The van der Waals surface area contributed by atoms with Crippen molar-refractivity contribution >= 4 is 35.4 Å². The summed E-state index contributed by atoms with van der Waals surface area (Å²) in [4.78, 5) is 56.5. The summed E-state index contributed by atoms with van der Waals surface area (Å²) in [7, 11) is 0. The molecule has 0 saturated heterocycles. The Hall–Kier alpha value is -5.02. The molecule has 0 spiro atoms. The molecule has 0 aliphatic heterocycles. The molecule has 0 aromatic carbocycles. The van der Waals surface area contributed by atoms with E-state index in [1.807, 2.05) is 0 Å². The number of hydrogen-bond donors (Lipinski definition) is 1. The van der Waals surface area contributed by atoms with Gasteiger partial charge in [0, 0.05) is 0 Å². The molecule has 0 atom stereocenters. The summed E-state index contributed by atoms with van der Waals surface area (Å²) in [5, 5.41) is 27.7. The Morgan fingerprint density at radius 1 is 1.00 bits per heavy atom. The highest BCUT2D eigenvalue weighted by atomic mass is 16.7. The minimum atomic E-state index is -0.987. The van der Waals surface area contributed by atoms with Gasteiger partial charge in [0.1, 0.15) is 27.8 Å². The van der Waals surface area contributed by atoms with Crippen molar-refractivity contribution < 1.29 is 42.5 Å². The predicted octanol–water partition coefficient (Wildman–Crippen LogP) is 2.17. The zero-order valence-electron chi connectivity index (χ0n) is 17.3. The summed E-state index contributed by atoms with van der Waals surface area (Å²) in [6.07, 6.45) is 1.11. The Bertz CT molecular complexity index is 1250. The molecule has 3 rings (SSSR count). The van der Waals surface area contributed by atoms with Gasteiger partial charge in [-0.2, -0.15) is 5.10 Å². The number of carbonyl (C=O) groups is 3. The summed E-state index contributed by atoms with van der Waals surface area (Å²) in [6.45, 7) is 1.11. The van der Waals surface area contributed by atoms with Crippen LogP contribution in [0.5, 0.6) is 0 Å². The number of ether oxygens (including phenoxy) is 2. The lowest BCUT2D eigenvalue weighted by atomic mass is 10.3. The van der Waals surface area contributed by atoms with Crippen LogP contribution in [0.3, 0.4) is 0 Å². The molecule has 0 aliphatic rings. The molecule has 0 saturated carbocycles. The van der Waals surface area contributed by atoms with Gasteiger partial charge >= 0.3 is 23.7 Å². The number of rotatable bonds is 10. The highest BCUT2D eigenvalue weighted by Crippen LogP contribution is 2.21. The first kappa shape index (κ1) is 23.6. The molecule has 0 aliphatic carbocycles. The van der Waals surface area contributed by atoms with Crippen molar-refractivity contribution in [3.05, 3.63) is 67.8 Å². The van der Waals surface area contributed by atoms with Crippen LogP contribution in [0.4, 0.5) is 17.6 Å². The first-order valence-corrected chi connectivity index (χ1v) is 9.41. The molecule has 0 bridgehead atoms. The Balaban J connectivity index is 1.73. The van der Waals surface area contributed by atoms with Crippen LogP contribution in [-0.4, -0.2) is 50.7 Å². The Morgan fingerprint density at radius 2 is 1.62 bits per heavy atom. The lowest BCUT2D eigenvalue weighted by Crippen LogP contribution is -2.20. The van der Waals surface area contributed by atoms with Gasteiger partial charge in [0.15, 0.2) is 5.76 Å². The van der Waals surface area contributed by atoms with Crippen molar-refractivity contribution in [2.24, 2.45) is 0 Å². The lowest BCUT2D eigenvalue weighted by Gasteiger charge is -2.10. The Labute approximate surface area is 188 Å². The predicted molar refractivity (Wildman–Crippen MR) is 107 cm³/mol. The molecule has 178 valence electrons. The van der Waals surface area contributed by atoms with E-state index < -0.39 is 51.0 Å². The monoisotopic (exact) mass is 477 g/mol. The third-order valence-corrected chi connectivity index (χ3v) is 4.07. The van der Waals surface area contributed by atoms with E-state index in [9.17, 15) is 34.6 Å². The van der Waals surface area contributed by atoms with Crippen molar-refractivity contribution in [3.63, 3.8) is 0 Å². The number of esters is 2. The maximum absolute atomic E-state index is 12.5. The van der Waals surface area contributed by atoms with Gasteiger partial charge in [-0.1, -0.05) is 0 Å². The first-order chi connectivity index (χ1) is 16.2. The van der Waals surface area contributed by atoms with Crippen LogP contribution in [0.2, 0.25) is 0 Å². The molecule has 16 nitrogen and oxygen atoms in total. The van der Waals surface area contributed by atoms with E-state index in [1.54, 1.807) is 6.92 Å². The molecule has 0 unspecified atom stereocenters. The highest BCUT2D eigenvalue weighted by Gasteiger charge is 2.24. The van der Waals surface area contributed by atoms with Crippen LogP contribution in [-0.2, 0) is 16.0 Å². The minimum Gasteiger partial charge on any atom is -0.462 e. The van der Waals surface area contributed by atoms with Gasteiger partial charge in [0.2, 0.25) is 5.76 Å². The molecule has 16 heteroatoms. The summed E-state index contributed by atoms with van der Waals surface area (Å²) in [6, 6.07) is 4.11. The number of nitro groups is 2. The third kappa shape index (κ3) is 5.23. The van der Waals surface area contributed by atoms with Gasteiger partial charge in [0.25, 0.3) is 5.91 Å². The van der Waals surface area contributed by atoms with Crippen molar-refractivity contribution in [1.82, 2.24) is 9.78 Å². The van der Waals surface area contributed by atoms with Crippen molar-refractivity contribution in [2.75, 3.05) is 18.5 Å². The van der Waals surface area contributed by atoms with E-state index in [0.717, 1.165) is 35.1 Å². The quantitative estimate of drug-likeness (QED) is 0.253. The molecule has 0 radical (unpaired) electrons. The number of nitrogens with one attached hydrogen (secondary N) is 1. The molecule has 3 heterocycles. The molecule has 1 amide bonds. The summed E-state index contributed by atoms with van der Waals surface area (Å²) in [5.74, 6) is -4.95. The Kier molecular flexibility index (Phi) is 7.00. The van der Waals surface area contributed by atoms with Crippen LogP contribution in [0, 0.1) is 20.2 Å². The largest absolute Gasteiger partial charge is 0.462 e. The van der Waals surface area contributed by atoms with Crippen molar-refractivity contribution in [1.29, 1.82) is 0 Å². The smallest absolute Gasteiger partial charge is 0.433 e. The standard InChI is InChI=1S/C18H15N5O11/c1-2-31-17(25)10-9-19-21(7-8-32-18(26)12-4-6-14(34-12)23(29)30)15(10)20-16(24)11-3-5-13(33-11)22(27)28/h3-6,9H,2,7-8H2,1H3,(H,20,24). The fourth-order valence-electron chi connectivity index (χ4n) is 2.59. The van der Waals surface area contributed by atoms with E-state index >= 15 is 0 Å². The van der Waals surface area contributed by atoms with Crippen LogP contribution < -0.4 is 5.32 Å². The Morgan fingerprint density at radius 3 is 2.21 bits per heavy atom. The normalized spacial score (nSPS) is 10.5. The van der Waals surface area contributed by atoms with E-state index in [1.165, 1.54) is 0 Å². The summed E-state index contributed by atoms with van der Waals surface area (Å²) < 4.78 is 20.6. The number of furan rings is 2. The van der Waals surface area contributed by atoms with Gasteiger partial charge in [-0.05, 0) is 19.1 Å². The zero-order valence-corrected chi connectivity index (χ0v) is 17.3. The maximum Gasteiger partial charge on any atom is 0.433 e. The topological polar surface area (TPSA) is 212 Å². The fourth-order valence-corrected chi connectivity index (χ4v) is 2.59. The van der Waals surface area contributed by atoms with Crippen molar-refractivity contribution in [2.45, 2.75) is 13.5 Å². The second kappa shape index (κ2) is 10.1.